The summed E-state index contributed by atoms with van der Waals surface area (Å²) >= 11 is 3.99. The largest absolute Gasteiger partial charge is 0.496 e. The molecule has 1 aromatic carbocycles. The van der Waals surface area contributed by atoms with E-state index in [0.29, 0.717) is 35.3 Å². The highest BCUT2D eigenvalue weighted by atomic mass is 32.1. The smallest absolute Gasteiger partial charge is 0.153 e. The van der Waals surface area contributed by atoms with Crippen molar-refractivity contribution in [2.24, 2.45) is 0 Å². The van der Waals surface area contributed by atoms with Gasteiger partial charge in [0, 0.05) is 0 Å². The van der Waals surface area contributed by atoms with Gasteiger partial charge in [0.15, 0.2) is 6.29 Å². The number of aldehydes is 1. The number of aliphatic hydroxyl groups is 2. The van der Waals surface area contributed by atoms with E-state index in [1.165, 1.54) is 7.11 Å². The molecular formula is C12H16O4S. The molecule has 5 heteroatoms. The Bertz CT molecular complexity index is 381. The molecule has 2 atom stereocenters. The third-order valence-corrected chi connectivity index (χ3v) is 2.77. The van der Waals surface area contributed by atoms with Crippen LogP contribution in [0.15, 0.2) is 18.2 Å². The van der Waals surface area contributed by atoms with Gasteiger partial charge in [-0.1, -0.05) is 6.07 Å². The first-order valence-corrected chi connectivity index (χ1v) is 5.87. The van der Waals surface area contributed by atoms with Crippen LogP contribution in [0.25, 0.3) is 0 Å². The minimum atomic E-state index is -1.00. The first-order chi connectivity index (χ1) is 8.13. The topological polar surface area (TPSA) is 66.8 Å². The van der Waals surface area contributed by atoms with Gasteiger partial charge in [0.1, 0.15) is 11.9 Å². The molecule has 17 heavy (non-hydrogen) atoms. The maximum absolute atomic E-state index is 10.7. The van der Waals surface area contributed by atoms with Crippen LogP contribution in [-0.2, 0) is 0 Å². The van der Waals surface area contributed by atoms with Crippen molar-refractivity contribution in [1.82, 2.24) is 0 Å². The van der Waals surface area contributed by atoms with Gasteiger partial charge in [0.2, 0.25) is 0 Å². The summed E-state index contributed by atoms with van der Waals surface area (Å²) in [5.74, 6) is 0.872. The second-order valence-electron chi connectivity index (χ2n) is 3.64. The van der Waals surface area contributed by atoms with Crippen molar-refractivity contribution in [2.45, 2.75) is 18.6 Å². The molecule has 1 aromatic rings. The third kappa shape index (κ3) is 3.46. The first-order valence-electron chi connectivity index (χ1n) is 5.24. The molecule has 0 fully saturated rings. The van der Waals surface area contributed by atoms with Gasteiger partial charge in [-0.05, 0) is 29.9 Å². The Balaban J connectivity index is 2.94. The Hall–Kier alpha value is -1.04. The molecule has 0 spiro atoms. The van der Waals surface area contributed by atoms with Gasteiger partial charge in [-0.2, -0.15) is 12.6 Å². The van der Waals surface area contributed by atoms with Gasteiger partial charge in [0.05, 0.1) is 18.8 Å². The van der Waals surface area contributed by atoms with Crippen LogP contribution in [0.4, 0.5) is 0 Å². The van der Waals surface area contributed by atoms with Crippen LogP contribution in [0.5, 0.6) is 5.75 Å². The van der Waals surface area contributed by atoms with Crippen LogP contribution in [0.1, 0.15) is 28.4 Å². The summed E-state index contributed by atoms with van der Waals surface area (Å²) < 4.78 is 5.03. The molecule has 0 heterocycles. The summed E-state index contributed by atoms with van der Waals surface area (Å²) in [7, 11) is 1.45. The van der Waals surface area contributed by atoms with E-state index in [9.17, 15) is 15.0 Å². The van der Waals surface area contributed by atoms with Crippen LogP contribution in [-0.4, -0.2) is 35.5 Å². The van der Waals surface area contributed by atoms with Crippen LogP contribution in [0.3, 0.4) is 0 Å². The van der Waals surface area contributed by atoms with Gasteiger partial charge in [0.25, 0.3) is 0 Å². The molecule has 0 amide bonds. The van der Waals surface area contributed by atoms with Crippen LogP contribution < -0.4 is 4.74 Å². The van der Waals surface area contributed by atoms with Gasteiger partial charge in [-0.15, -0.1) is 0 Å². The molecule has 94 valence electrons. The normalized spacial score (nSPS) is 14.1. The molecular weight excluding hydrogens is 240 g/mol. The van der Waals surface area contributed by atoms with Gasteiger partial charge < -0.3 is 14.9 Å². The lowest BCUT2D eigenvalue weighted by molar-refractivity contribution is 0.0171. The Kier molecular flexibility index (Phi) is 5.47. The van der Waals surface area contributed by atoms with Crippen molar-refractivity contribution < 1.29 is 19.7 Å². The highest BCUT2D eigenvalue weighted by Gasteiger charge is 2.18. The molecule has 1 rings (SSSR count). The van der Waals surface area contributed by atoms with E-state index in [2.05, 4.69) is 12.6 Å². The third-order valence-electron chi connectivity index (χ3n) is 2.52. The zero-order valence-corrected chi connectivity index (χ0v) is 10.4. The summed E-state index contributed by atoms with van der Waals surface area (Å²) in [6.45, 7) is 0. The van der Waals surface area contributed by atoms with E-state index in [4.69, 9.17) is 4.74 Å². The number of rotatable bonds is 6. The first kappa shape index (κ1) is 14.0. The van der Waals surface area contributed by atoms with E-state index in [0.717, 1.165) is 0 Å². The molecule has 2 N–H and O–H groups in total. The Morgan fingerprint density at radius 2 is 2.18 bits per heavy atom. The van der Waals surface area contributed by atoms with Crippen LogP contribution in [0.2, 0.25) is 0 Å². The number of hydrogen-bond acceptors (Lipinski definition) is 5. The highest BCUT2D eigenvalue weighted by Crippen LogP contribution is 2.25. The van der Waals surface area contributed by atoms with Crippen molar-refractivity contribution in [3.8, 4) is 5.75 Å². The molecule has 4 nitrogen and oxygen atoms in total. The number of aliphatic hydroxyl groups excluding tert-OH is 2. The number of benzene rings is 1. The van der Waals surface area contributed by atoms with E-state index >= 15 is 0 Å². The highest BCUT2D eigenvalue weighted by molar-refractivity contribution is 7.80. The van der Waals surface area contributed by atoms with Gasteiger partial charge >= 0.3 is 0 Å². The summed E-state index contributed by atoms with van der Waals surface area (Å²) in [6, 6.07) is 4.70. The molecule has 0 aliphatic carbocycles. The molecule has 0 radical (unpaired) electrons. The average molecular weight is 256 g/mol. The predicted octanol–water partition coefficient (Wildman–Crippen LogP) is 1.22. The molecule has 0 aliphatic rings. The van der Waals surface area contributed by atoms with E-state index in [-0.39, 0.29) is 0 Å². The van der Waals surface area contributed by atoms with Crippen molar-refractivity contribution in [3.63, 3.8) is 0 Å². The summed E-state index contributed by atoms with van der Waals surface area (Å²) in [5, 5.41) is 19.5. The summed E-state index contributed by atoms with van der Waals surface area (Å²) in [6.07, 6.45) is -0.808. The Labute approximate surface area is 106 Å². The van der Waals surface area contributed by atoms with Crippen molar-refractivity contribution in [1.29, 1.82) is 0 Å². The zero-order valence-electron chi connectivity index (χ0n) is 9.54. The quantitative estimate of drug-likeness (QED) is 0.529. The molecule has 0 bridgehead atoms. The lowest BCUT2D eigenvalue weighted by Crippen LogP contribution is -2.18. The predicted molar refractivity (Wildman–Crippen MR) is 67.8 cm³/mol. The number of carbonyl (C=O) groups is 1. The van der Waals surface area contributed by atoms with E-state index < -0.39 is 12.2 Å². The van der Waals surface area contributed by atoms with E-state index in [1.807, 2.05) is 0 Å². The van der Waals surface area contributed by atoms with E-state index in [1.54, 1.807) is 18.2 Å². The van der Waals surface area contributed by atoms with Crippen LogP contribution >= 0.6 is 12.6 Å². The lowest BCUT2D eigenvalue weighted by atomic mass is 10.0. The van der Waals surface area contributed by atoms with Gasteiger partial charge in [-0.25, -0.2) is 0 Å². The fraction of sp³-hybridized carbons (Fsp3) is 0.417. The lowest BCUT2D eigenvalue weighted by Gasteiger charge is -2.18. The molecule has 2 unspecified atom stereocenters. The zero-order chi connectivity index (χ0) is 12.8. The number of methoxy groups -OCH3 is 1. The maximum Gasteiger partial charge on any atom is 0.153 e. The second-order valence-corrected chi connectivity index (χ2v) is 4.09. The molecule has 0 saturated heterocycles. The number of hydrogen-bond donors (Lipinski definition) is 3. The van der Waals surface area contributed by atoms with Crippen molar-refractivity contribution >= 4 is 18.9 Å². The fourth-order valence-corrected chi connectivity index (χ4v) is 1.79. The standard InChI is InChI=1S/C12H16O4S/c1-16-11-6-8(2-3-9(11)7-13)12(15)10(14)4-5-17/h2-3,6-7,10,12,14-15,17H,4-5H2,1H3. The van der Waals surface area contributed by atoms with Crippen molar-refractivity contribution in [3.05, 3.63) is 29.3 Å². The molecule has 0 aliphatic heterocycles. The van der Waals surface area contributed by atoms with Crippen molar-refractivity contribution in [2.75, 3.05) is 12.9 Å². The number of ether oxygens (including phenoxy) is 1. The summed E-state index contributed by atoms with van der Waals surface area (Å²) in [5.41, 5.74) is 0.925. The second kappa shape index (κ2) is 6.64. The molecule has 0 saturated carbocycles. The maximum atomic E-state index is 10.7. The molecule has 0 aromatic heterocycles. The minimum Gasteiger partial charge on any atom is -0.496 e. The number of thiol groups is 1. The fourth-order valence-electron chi connectivity index (χ4n) is 1.52. The summed E-state index contributed by atoms with van der Waals surface area (Å²) in [4.78, 5) is 10.7. The van der Waals surface area contributed by atoms with Crippen LogP contribution in [0, 0.1) is 0 Å². The average Bonchev–Trinajstić information content (AvgIpc) is 2.37. The monoisotopic (exact) mass is 256 g/mol. The minimum absolute atomic E-state index is 0.384. The van der Waals surface area contributed by atoms with Gasteiger partial charge in [-0.3, -0.25) is 4.79 Å². The SMILES string of the molecule is COc1cc(C(O)C(O)CCS)ccc1C=O. The Morgan fingerprint density at radius 3 is 2.71 bits per heavy atom. The number of carbonyl (C=O) groups excluding carboxylic acids is 1. The Morgan fingerprint density at radius 1 is 1.47 bits per heavy atom.